The number of rotatable bonds is 7. The number of hydrogen-bond acceptors (Lipinski definition) is 4. The number of nitrogens with one attached hydrogen (secondary N) is 1. The highest BCUT2D eigenvalue weighted by Gasteiger charge is 2.32. The zero-order valence-corrected chi connectivity index (χ0v) is 18.7. The molecule has 1 heterocycles. The van der Waals surface area contributed by atoms with Gasteiger partial charge in [0, 0.05) is 13.1 Å². The molecule has 7 heteroatoms. The van der Waals surface area contributed by atoms with Gasteiger partial charge in [0.2, 0.25) is 15.9 Å². The number of amides is 1. The Hall–Kier alpha value is -1.60. The number of piperidine rings is 1. The molecule has 0 spiro atoms. The molecule has 1 fully saturated rings. The summed E-state index contributed by atoms with van der Waals surface area (Å²) in [7, 11) is -1.59. The summed E-state index contributed by atoms with van der Waals surface area (Å²) < 4.78 is 31.3. The van der Waals surface area contributed by atoms with Crippen LogP contribution in [0, 0.1) is 12.8 Å². The van der Waals surface area contributed by atoms with Crippen LogP contribution in [0.1, 0.15) is 69.2 Å². The van der Waals surface area contributed by atoms with Crippen LogP contribution in [0.4, 0.5) is 0 Å². The van der Waals surface area contributed by atoms with Crippen molar-refractivity contribution in [1.82, 2.24) is 9.62 Å². The fourth-order valence-corrected chi connectivity index (χ4v) is 4.99. The number of aryl methyl sites for hydroxylation is 1. The Kier molecular flexibility index (Phi) is 7.51. The van der Waals surface area contributed by atoms with E-state index in [0.717, 1.165) is 22.4 Å². The highest BCUT2D eigenvalue weighted by Crippen LogP contribution is 2.32. The summed E-state index contributed by atoms with van der Waals surface area (Å²) in [6.07, 6.45) is 1.43. The molecule has 0 aromatic heterocycles. The largest absolute Gasteiger partial charge is 0.496 e. The number of sulfonamides is 1. The van der Waals surface area contributed by atoms with Crippen molar-refractivity contribution in [3.8, 4) is 5.75 Å². The number of nitrogens with zero attached hydrogens (tertiary/aromatic N) is 1. The van der Waals surface area contributed by atoms with Gasteiger partial charge < -0.3 is 10.1 Å². The van der Waals surface area contributed by atoms with Crippen LogP contribution < -0.4 is 10.1 Å². The maximum atomic E-state index is 12.8. The van der Waals surface area contributed by atoms with Gasteiger partial charge in [-0.05, 0) is 68.4 Å². The lowest BCUT2D eigenvalue weighted by Gasteiger charge is -2.31. The van der Waals surface area contributed by atoms with Gasteiger partial charge in [-0.3, -0.25) is 4.79 Å². The third kappa shape index (κ3) is 5.06. The van der Waals surface area contributed by atoms with Crippen molar-refractivity contribution >= 4 is 15.9 Å². The van der Waals surface area contributed by atoms with Crippen LogP contribution in [0.3, 0.4) is 0 Å². The molecule has 1 aliphatic rings. The molecule has 0 bridgehead atoms. The zero-order valence-electron chi connectivity index (χ0n) is 17.9. The fourth-order valence-electron chi connectivity index (χ4n) is 3.81. The molecule has 0 aliphatic carbocycles. The molecule has 2 rings (SSSR count). The standard InChI is InChI=1S/C21H34N2O4S/c1-7-28(25,26)23-10-8-9-17(13-23)21(24)22-16(5)19-12-18(14(2)3)20(27-6)11-15(19)4/h11-12,14,16-17H,7-10,13H2,1-6H3,(H,22,24). The van der Waals surface area contributed by atoms with Gasteiger partial charge >= 0.3 is 0 Å². The van der Waals surface area contributed by atoms with E-state index in [2.05, 4.69) is 25.2 Å². The van der Waals surface area contributed by atoms with Crippen molar-refractivity contribution in [1.29, 1.82) is 0 Å². The summed E-state index contributed by atoms with van der Waals surface area (Å²) >= 11 is 0. The predicted octanol–water partition coefficient (Wildman–Crippen LogP) is 3.37. The molecule has 1 saturated heterocycles. The summed E-state index contributed by atoms with van der Waals surface area (Å²) in [6.45, 7) is 10.6. The summed E-state index contributed by atoms with van der Waals surface area (Å²) in [5.41, 5.74) is 3.24. The molecule has 0 radical (unpaired) electrons. The van der Waals surface area contributed by atoms with Gasteiger partial charge in [-0.1, -0.05) is 13.8 Å². The first kappa shape index (κ1) is 22.7. The molecule has 1 aromatic rings. The van der Waals surface area contributed by atoms with Crippen molar-refractivity contribution < 1.29 is 17.9 Å². The summed E-state index contributed by atoms with van der Waals surface area (Å²) in [5, 5.41) is 3.10. The smallest absolute Gasteiger partial charge is 0.224 e. The lowest BCUT2D eigenvalue weighted by molar-refractivity contribution is -0.126. The van der Waals surface area contributed by atoms with Crippen molar-refractivity contribution in [3.05, 3.63) is 28.8 Å². The average Bonchev–Trinajstić information content (AvgIpc) is 2.67. The van der Waals surface area contributed by atoms with E-state index in [1.807, 2.05) is 19.9 Å². The Morgan fingerprint density at radius 1 is 1.29 bits per heavy atom. The third-order valence-electron chi connectivity index (χ3n) is 5.58. The van der Waals surface area contributed by atoms with Crippen LogP contribution in [0.25, 0.3) is 0 Å². The van der Waals surface area contributed by atoms with E-state index >= 15 is 0 Å². The van der Waals surface area contributed by atoms with Crippen LogP contribution in [-0.2, 0) is 14.8 Å². The molecule has 0 saturated carbocycles. The van der Waals surface area contributed by atoms with Gasteiger partial charge in [0.05, 0.1) is 24.8 Å². The predicted molar refractivity (Wildman–Crippen MR) is 112 cm³/mol. The molecule has 1 amide bonds. The molecule has 158 valence electrons. The van der Waals surface area contributed by atoms with Crippen LogP contribution >= 0.6 is 0 Å². The second kappa shape index (κ2) is 9.27. The molecular formula is C21H34N2O4S. The van der Waals surface area contributed by atoms with Crippen molar-refractivity contribution in [2.45, 2.75) is 59.4 Å². The second-order valence-corrected chi connectivity index (χ2v) is 10.2. The average molecular weight is 411 g/mol. The summed E-state index contributed by atoms with van der Waals surface area (Å²) in [4.78, 5) is 12.8. The Labute approximate surface area is 169 Å². The SMILES string of the molecule is CCS(=O)(=O)N1CCCC(C(=O)NC(C)c2cc(C(C)C)c(OC)cc2C)C1. The van der Waals surface area contributed by atoms with E-state index in [0.29, 0.717) is 25.3 Å². The van der Waals surface area contributed by atoms with Gasteiger partial charge in [-0.2, -0.15) is 0 Å². The minimum absolute atomic E-state index is 0.0702. The number of benzene rings is 1. The van der Waals surface area contributed by atoms with Crippen LogP contribution in [-0.4, -0.2) is 44.6 Å². The Balaban J connectivity index is 2.15. The van der Waals surface area contributed by atoms with E-state index in [1.165, 1.54) is 4.31 Å². The number of carbonyl (C=O) groups is 1. The molecule has 1 N–H and O–H groups in total. The van der Waals surface area contributed by atoms with Gasteiger partial charge in [0.25, 0.3) is 0 Å². The maximum absolute atomic E-state index is 12.8. The van der Waals surface area contributed by atoms with Crippen LogP contribution in [0.2, 0.25) is 0 Å². The monoisotopic (exact) mass is 410 g/mol. The van der Waals surface area contributed by atoms with E-state index in [-0.39, 0.29) is 30.2 Å². The second-order valence-electron chi connectivity index (χ2n) is 7.93. The minimum Gasteiger partial charge on any atom is -0.496 e. The van der Waals surface area contributed by atoms with Gasteiger partial charge in [0.1, 0.15) is 5.75 Å². The maximum Gasteiger partial charge on any atom is 0.224 e. The van der Waals surface area contributed by atoms with E-state index in [9.17, 15) is 13.2 Å². The van der Waals surface area contributed by atoms with Crippen LogP contribution in [0.5, 0.6) is 5.75 Å². The quantitative estimate of drug-likeness (QED) is 0.748. The lowest BCUT2D eigenvalue weighted by atomic mass is 9.92. The molecule has 2 atom stereocenters. The molecule has 1 aromatic carbocycles. The van der Waals surface area contributed by atoms with Crippen molar-refractivity contribution in [3.63, 3.8) is 0 Å². The zero-order chi connectivity index (χ0) is 21.1. The Morgan fingerprint density at radius 3 is 2.54 bits per heavy atom. The fraction of sp³-hybridized carbons (Fsp3) is 0.667. The Bertz CT molecular complexity index is 805. The first-order chi connectivity index (χ1) is 13.1. The number of carbonyl (C=O) groups excluding carboxylic acids is 1. The summed E-state index contributed by atoms with van der Waals surface area (Å²) in [6, 6.07) is 3.97. The normalized spacial score (nSPS) is 19.5. The van der Waals surface area contributed by atoms with Gasteiger partial charge in [-0.15, -0.1) is 0 Å². The molecule has 28 heavy (non-hydrogen) atoms. The Morgan fingerprint density at radius 2 is 1.96 bits per heavy atom. The molecular weight excluding hydrogens is 376 g/mol. The topological polar surface area (TPSA) is 75.7 Å². The van der Waals surface area contributed by atoms with Crippen molar-refractivity contribution in [2.24, 2.45) is 5.92 Å². The van der Waals surface area contributed by atoms with E-state index in [1.54, 1.807) is 14.0 Å². The number of methoxy groups -OCH3 is 1. The van der Waals surface area contributed by atoms with Crippen LogP contribution in [0.15, 0.2) is 12.1 Å². The molecule has 6 nitrogen and oxygen atoms in total. The van der Waals surface area contributed by atoms with E-state index in [4.69, 9.17) is 4.74 Å². The highest BCUT2D eigenvalue weighted by atomic mass is 32.2. The minimum atomic E-state index is -3.26. The van der Waals surface area contributed by atoms with Gasteiger partial charge in [-0.25, -0.2) is 12.7 Å². The number of hydrogen-bond donors (Lipinski definition) is 1. The molecule has 1 aliphatic heterocycles. The molecule has 2 unspecified atom stereocenters. The third-order valence-corrected chi connectivity index (χ3v) is 7.43. The number of ether oxygens (including phenoxy) is 1. The summed E-state index contributed by atoms with van der Waals surface area (Å²) in [5.74, 6) is 0.858. The lowest BCUT2D eigenvalue weighted by Crippen LogP contribution is -2.46. The first-order valence-electron chi connectivity index (χ1n) is 10.1. The van der Waals surface area contributed by atoms with E-state index < -0.39 is 10.0 Å². The first-order valence-corrected chi connectivity index (χ1v) is 11.7. The highest BCUT2D eigenvalue weighted by molar-refractivity contribution is 7.89. The van der Waals surface area contributed by atoms with Crippen molar-refractivity contribution in [2.75, 3.05) is 26.0 Å². The van der Waals surface area contributed by atoms with Gasteiger partial charge in [0.15, 0.2) is 0 Å².